The smallest absolute Gasteiger partial charge is 0.253 e. The molecule has 0 unspecified atom stereocenters. The number of amides is 1. The largest absolute Gasteiger partial charge is 0.337 e. The quantitative estimate of drug-likeness (QED) is 0.523. The van der Waals surface area contributed by atoms with Gasteiger partial charge in [-0.2, -0.15) is 10.2 Å². The highest BCUT2D eigenvalue weighted by Crippen LogP contribution is 2.20. The van der Waals surface area contributed by atoms with Gasteiger partial charge in [-0.1, -0.05) is 18.2 Å². The maximum absolute atomic E-state index is 12.9. The van der Waals surface area contributed by atoms with Gasteiger partial charge in [0.15, 0.2) is 0 Å². The SMILES string of the molecule is Cc1nn(-c2ccccc2)c(C)c1CN(C)C(=O)c1ccc(-n2cccn2)cc1. The molecule has 0 saturated carbocycles. The predicted octanol–water partition coefficient (Wildman–Crippen LogP) is 3.95. The third-order valence-corrected chi connectivity index (χ3v) is 5.07. The monoisotopic (exact) mass is 385 g/mol. The van der Waals surface area contributed by atoms with Gasteiger partial charge >= 0.3 is 0 Å². The Kier molecular flexibility index (Phi) is 4.99. The van der Waals surface area contributed by atoms with E-state index in [9.17, 15) is 4.79 Å². The number of hydrogen-bond donors (Lipinski definition) is 0. The summed E-state index contributed by atoms with van der Waals surface area (Å²) < 4.78 is 3.70. The molecule has 2 aromatic carbocycles. The summed E-state index contributed by atoms with van der Waals surface area (Å²) in [5.41, 5.74) is 5.63. The summed E-state index contributed by atoms with van der Waals surface area (Å²) in [5, 5.41) is 8.89. The fourth-order valence-electron chi connectivity index (χ4n) is 3.43. The van der Waals surface area contributed by atoms with Crippen LogP contribution in [0.5, 0.6) is 0 Å². The first-order chi connectivity index (χ1) is 14.0. The van der Waals surface area contributed by atoms with Crippen LogP contribution in [0.15, 0.2) is 73.1 Å². The van der Waals surface area contributed by atoms with Crippen molar-refractivity contribution in [2.45, 2.75) is 20.4 Å². The van der Waals surface area contributed by atoms with Crippen molar-refractivity contribution in [3.63, 3.8) is 0 Å². The number of rotatable bonds is 5. The zero-order valence-corrected chi connectivity index (χ0v) is 16.8. The molecule has 0 fully saturated rings. The van der Waals surface area contributed by atoms with Crippen molar-refractivity contribution in [1.29, 1.82) is 0 Å². The lowest BCUT2D eigenvalue weighted by Gasteiger charge is -2.18. The number of aromatic nitrogens is 4. The lowest BCUT2D eigenvalue weighted by atomic mass is 10.1. The first-order valence-corrected chi connectivity index (χ1v) is 9.50. The Bertz CT molecular complexity index is 1110. The van der Waals surface area contributed by atoms with Crippen molar-refractivity contribution < 1.29 is 4.79 Å². The van der Waals surface area contributed by atoms with Gasteiger partial charge in [0.25, 0.3) is 5.91 Å². The van der Waals surface area contributed by atoms with Gasteiger partial charge in [-0.3, -0.25) is 4.79 Å². The molecule has 0 aliphatic rings. The molecule has 6 nitrogen and oxygen atoms in total. The molecule has 0 aliphatic heterocycles. The van der Waals surface area contributed by atoms with E-state index in [0.29, 0.717) is 12.1 Å². The first kappa shape index (κ1) is 18.7. The van der Waals surface area contributed by atoms with Gasteiger partial charge in [0, 0.05) is 42.8 Å². The van der Waals surface area contributed by atoms with Crippen LogP contribution in [0.2, 0.25) is 0 Å². The number of carbonyl (C=O) groups excluding carboxylic acids is 1. The summed E-state index contributed by atoms with van der Waals surface area (Å²) in [5.74, 6) is -0.0247. The molecule has 0 N–H and O–H groups in total. The molecule has 4 aromatic rings. The Morgan fingerprint density at radius 3 is 2.34 bits per heavy atom. The van der Waals surface area contributed by atoms with E-state index >= 15 is 0 Å². The van der Waals surface area contributed by atoms with Crippen LogP contribution in [0.3, 0.4) is 0 Å². The van der Waals surface area contributed by atoms with E-state index in [1.54, 1.807) is 15.8 Å². The fraction of sp³-hybridized carbons (Fsp3) is 0.174. The molecular weight excluding hydrogens is 362 g/mol. The summed E-state index contributed by atoms with van der Waals surface area (Å²) in [7, 11) is 1.82. The summed E-state index contributed by atoms with van der Waals surface area (Å²) in [6.07, 6.45) is 3.60. The van der Waals surface area contributed by atoms with E-state index in [1.807, 2.05) is 92.4 Å². The zero-order valence-electron chi connectivity index (χ0n) is 16.8. The number of aryl methyl sites for hydroxylation is 1. The van der Waals surface area contributed by atoms with Gasteiger partial charge in [0.1, 0.15) is 0 Å². The highest BCUT2D eigenvalue weighted by Gasteiger charge is 2.18. The highest BCUT2D eigenvalue weighted by molar-refractivity contribution is 5.94. The molecule has 0 atom stereocenters. The van der Waals surface area contributed by atoms with Gasteiger partial charge in [-0.25, -0.2) is 9.36 Å². The molecule has 0 aliphatic carbocycles. The average molecular weight is 385 g/mol. The third kappa shape index (κ3) is 3.69. The number of nitrogens with zero attached hydrogens (tertiary/aromatic N) is 5. The lowest BCUT2D eigenvalue weighted by Crippen LogP contribution is -2.26. The number of para-hydroxylation sites is 1. The van der Waals surface area contributed by atoms with Crippen molar-refractivity contribution in [1.82, 2.24) is 24.5 Å². The van der Waals surface area contributed by atoms with Gasteiger partial charge in [-0.05, 0) is 56.3 Å². The second kappa shape index (κ2) is 7.75. The molecule has 0 spiro atoms. The van der Waals surface area contributed by atoms with E-state index < -0.39 is 0 Å². The molecular formula is C23H23N5O. The van der Waals surface area contributed by atoms with Gasteiger partial charge in [-0.15, -0.1) is 0 Å². The summed E-state index contributed by atoms with van der Waals surface area (Å²) in [4.78, 5) is 14.7. The van der Waals surface area contributed by atoms with E-state index in [0.717, 1.165) is 28.3 Å². The third-order valence-electron chi connectivity index (χ3n) is 5.07. The predicted molar refractivity (Wildman–Crippen MR) is 112 cm³/mol. The molecule has 0 radical (unpaired) electrons. The van der Waals surface area contributed by atoms with Crippen LogP contribution < -0.4 is 0 Å². The van der Waals surface area contributed by atoms with Crippen LogP contribution in [0.4, 0.5) is 0 Å². The maximum Gasteiger partial charge on any atom is 0.253 e. The Balaban J connectivity index is 1.53. The summed E-state index contributed by atoms with van der Waals surface area (Å²) >= 11 is 0. The zero-order chi connectivity index (χ0) is 20.4. The van der Waals surface area contributed by atoms with Crippen LogP contribution in [-0.2, 0) is 6.54 Å². The first-order valence-electron chi connectivity index (χ1n) is 9.50. The molecule has 1 amide bonds. The number of hydrogen-bond acceptors (Lipinski definition) is 3. The van der Waals surface area contributed by atoms with Crippen molar-refractivity contribution >= 4 is 5.91 Å². The van der Waals surface area contributed by atoms with Crippen LogP contribution in [0.1, 0.15) is 27.3 Å². The van der Waals surface area contributed by atoms with Gasteiger partial charge in [0.2, 0.25) is 0 Å². The molecule has 2 heterocycles. The summed E-state index contributed by atoms with van der Waals surface area (Å²) in [6, 6.07) is 19.4. The Hall–Kier alpha value is -3.67. The number of benzene rings is 2. The van der Waals surface area contributed by atoms with Gasteiger partial charge in [0.05, 0.1) is 17.1 Å². The van der Waals surface area contributed by atoms with E-state index in [2.05, 4.69) is 10.2 Å². The molecule has 0 bridgehead atoms. The van der Waals surface area contributed by atoms with Crippen molar-refractivity contribution in [3.05, 3.63) is 95.6 Å². The van der Waals surface area contributed by atoms with Crippen LogP contribution in [0, 0.1) is 13.8 Å². The molecule has 29 heavy (non-hydrogen) atoms. The van der Waals surface area contributed by atoms with Crippen LogP contribution in [-0.4, -0.2) is 37.4 Å². The van der Waals surface area contributed by atoms with Crippen molar-refractivity contribution in [2.24, 2.45) is 0 Å². The Labute approximate surface area is 170 Å². The second-order valence-electron chi connectivity index (χ2n) is 7.06. The minimum Gasteiger partial charge on any atom is -0.337 e. The molecule has 6 heteroatoms. The van der Waals surface area contributed by atoms with Gasteiger partial charge < -0.3 is 4.90 Å². The van der Waals surface area contributed by atoms with E-state index in [-0.39, 0.29) is 5.91 Å². The summed E-state index contributed by atoms with van der Waals surface area (Å²) in [6.45, 7) is 4.53. The lowest BCUT2D eigenvalue weighted by molar-refractivity contribution is 0.0785. The standard InChI is InChI=1S/C23H23N5O/c1-17-22(18(2)28(25-17)21-8-5-4-6-9-21)16-26(3)23(29)19-10-12-20(13-11-19)27-15-7-14-24-27/h4-15H,16H2,1-3H3. The molecule has 0 saturated heterocycles. The van der Waals surface area contributed by atoms with Crippen LogP contribution in [0.25, 0.3) is 11.4 Å². The van der Waals surface area contributed by atoms with Crippen molar-refractivity contribution in [3.8, 4) is 11.4 Å². The second-order valence-corrected chi connectivity index (χ2v) is 7.06. The molecule has 146 valence electrons. The Morgan fingerprint density at radius 2 is 1.69 bits per heavy atom. The van der Waals surface area contributed by atoms with E-state index in [4.69, 9.17) is 0 Å². The topological polar surface area (TPSA) is 56.0 Å². The Morgan fingerprint density at radius 1 is 0.966 bits per heavy atom. The minimum atomic E-state index is -0.0247. The molecule has 2 aromatic heterocycles. The van der Waals surface area contributed by atoms with E-state index in [1.165, 1.54) is 0 Å². The minimum absolute atomic E-state index is 0.0247. The van der Waals surface area contributed by atoms with Crippen LogP contribution >= 0.6 is 0 Å². The highest BCUT2D eigenvalue weighted by atomic mass is 16.2. The van der Waals surface area contributed by atoms with Crippen molar-refractivity contribution in [2.75, 3.05) is 7.05 Å². The average Bonchev–Trinajstić information content (AvgIpc) is 3.38. The normalized spacial score (nSPS) is 10.9. The molecule has 4 rings (SSSR count). The maximum atomic E-state index is 12.9. The number of carbonyl (C=O) groups is 1. The fourth-order valence-corrected chi connectivity index (χ4v) is 3.43.